The Labute approximate surface area is 92.6 Å². The van der Waals surface area contributed by atoms with Crippen molar-refractivity contribution in [1.29, 1.82) is 0 Å². The molecule has 1 aromatic rings. The molecule has 15 heavy (non-hydrogen) atoms. The fourth-order valence-electron chi connectivity index (χ4n) is 0.972. The lowest BCUT2D eigenvalue weighted by Gasteiger charge is -2.03. The Morgan fingerprint density at radius 3 is 3.13 bits per heavy atom. The van der Waals surface area contributed by atoms with Crippen LogP contribution in [0.5, 0.6) is 0 Å². The third kappa shape index (κ3) is 4.87. The van der Waals surface area contributed by atoms with Crippen LogP contribution in [0.2, 0.25) is 0 Å². The van der Waals surface area contributed by atoms with Crippen LogP contribution in [0.4, 0.5) is 0 Å². The number of carbonyl (C=O) groups is 1. The first kappa shape index (κ1) is 12.1. The van der Waals surface area contributed by atoms with Crippen LogP contribution in [-0.2, 0) is 16.1 Å². The molecule has 1 heterocycles. The molecule has 0 aromatic carbocycles. The Morgan fingerprint density at radius 2 is 2.53 bits per heavy atom. The summed E-state index contributed by atoms with van der Waals surface area (Å²) in [5, 5.41) is 3.74. The second kappa shape index (κ2) is 6.49. The van der Waals surface area contributed by atoms with Gasteiger partial charge in [0.1, 0.15) is 6.61 Å². The van der Waals surface area contributed by atoms with E-state index in [0.717, 1.165) is 9.88 Å². The molecule has 0 aliphatic carbocycles. The third-order valence-electron chi connectivity index (χ3n) is 1.62. The minimum absolute atomic E-state index is 0.0645. The summed E-state index contributed by atoms with van der Waals surface area (Å²) in [5.41, 5.74) is 5.22. The molecule has 3 N–H and O–H groups in total. The molecule has 1 aromatic heterocycles. The average molecular weight is 229 g/mol. The Hall–Kier alpha value is -0.980. The highest BCUT2D eigenvalue weighted by Crippen LogP contribution is 2.10. The number of carbonyl (C=O) groups excluding carboxylic acids is 1. The van der Waals surface area contributed by atoms with E-state index in [1.165, 1.54) is 0 Å². The number of rotatable bonds is 6. The topological polar surface area (TPSA) is 77.2 Å². The normalized spacial score (nSPS) is 10.3. The first-order valence-electron chi connectivity index (χ1n) is 4.68. The van der Waals surface area contributed by atoms with Crippen LogP contribution in [0, 0.1) is 6.92 Å². The number of hydrogen-bond acceptors (Lipinski definition) is 5. The molecule has 6 heteroatoms. The lowest BCUT2D eigenvalue weighted by molar-refractivity contribution is -0.125. The molecule has 0 saturated carbocycles. The van der Waals surface area contributed by atoms with Crippen molar-refractivity contribution < 1.29 is 9.53 Å². The molecule has 1 amide bonds. The number of thiazole rings is 1. The summed E-state index contributed by atoms with van der Waals surface area (Å²) in [4.78, 5) is 16.3. The maximum atomic E-state index is 11.2. The number of hydrogen-bond donors (Lipinski definition) is 2. The molecule has 0 unspecified atom stereocenters. The maximum absolute atomic E-state index is 11.2. The Kier molecular flexibility index (Phi) is 5.23. The summed E-state index contributed by atoms with van der Waals surface area (Å²) in [5.74, 6) is -0.130. The SMILES string of the molecule is Cc1ncc(CNC(=O)COCCN)s1. The molecule has 0 aliphatic heterocycles. The Balaban J connectivity index is 2.16. The maximum Gasteiger partial charge on any atom is 0.246 e. The summed E-state index contributed by atoms with van der Waals surface area (Å²) in [7, 11) is 0. The van der Waals surface area contributed by atoms with Gasteiger partial charge in [0.15, 0.2) is 0 Å². The van der Waals surface area contributed by atoms with Gasteiger partial charge in [-0.15, -0.1) is 11.3 Å². The summed E-state index contributed by atoms with van der Waals surface area (Å²) in [6.07, 6.45) is 1.76. The lowest BCUT2D eigenvalue weighted by Crippen LogP contribution is -2.27. The van der Waals surface area contributed by atoms with Gasteiger partial charge in [-0.2, -0.15) is 0 Å². The van der Waals surface area contributed by atoms with Crippen molar-refractivity contribution in [3.63, 3.8) is 0 Å². The van der Waals surface area contributed by atoms with E-state index in [0.29, 0.717) is 19.7 Å². The standard InChI is InChI=1S/C9H15N3O2S/c1-7-11-4-8(15-7)5-12-9(13)6-14-3-2-10/h4H,2-3,5-6,10H2,1H3,(H,12,13). The van der Waals surface area contributed by atoms with Crippen molar-refractivity contribution in [2.24, 2.45) is 5.73 Å². The summed E-state index contributed by atoms with van der Waals surface area (Å²) in [6, 6.07) is 0. The van der Waals surface area contributed by atoms with Gasteiger partial charge in [0.25, 0.3) is 0 Å². The van der Waals surface area contributed by atoms with Crippen molar-refractivity contribution in [3.05, 3.63) is 16.1 Å². The van der Waals surface area contributed by atoms with E-state index >= 15 is 0 Å². The van der Waals surface area contributed by atoms with Crippen LogP contribution in [0.15, 0.2) is 6.20 Å². The van der Waals surface area contributed by atoms with Crippen molar-refractivity contribution in [3.8, 4) is 0 Å². The van der Waals surface area contributed by atoms with Gasteiger partial charge >= 0.3 is 0 Å². The van der Waals surface area contributed by atoms with Gasteiger partial charge in [-0.3, -0.25) is 4.79 Å². The zero-order chi connectivity index (χ0) is 11.1. The van der Waals surface area contributed by atoms with E-state index in [-0.39, 0.29) is 12.5 Å². The predicted molar refractivity (Wildman–Crippen MR) is 58.6 cm³/mol. The number of nitrogens with one attached hydrogen (secondary N) is 1. The smallest absolute Gasteiger partial charge is 0.246 e. The Morgan fingerprint density at radius 1 is 1.73 bits per heavy atom. The summed E-state index contributed by atoms with van der Waals surface area (Å²) >= 11 is 1.57. The second-order valence-corrected chi connectivity index (χ2v) is 4.28. The van der Waals surface area contributed by atoms with Crippen molar-refractivity contribution in [2.75, 3.05) is 19.8 Å². The van der Waals surface area contributed by atoms with Gasteiger partial charge < -0.3 is 15.8 Å². The van der Waals surface area contributed by atoms with E-state index in [1.54, 1.807) is 17.5 Å². The second-order valence-electron chi connectivity index (χ2n) is 2.96. The largest absolute Gasteiger partial charge is 0.370 e. The fraction of sp³-hybridized carbons (Fsp3) is 0.556. The molecular formula is C9H15N3O2S. The number of aromatic nitrogens is 1. The summed E-state index contributed by atoms with van der Waals surface area (Å²) in [6.45, 7) is 3.35. The molecule has 0 bridgehead atoms. The van der Waals surface area contributed by atoms with Crippen LogP contribution in [0.3, 0.4) is 0 Å². The molecule has 1 rings (SSSR count). The van der Waals surface area contributed by atoms with E-state index in [2.05, 4.69) is 10.3 Å². The highest BCUT2D eigenvalue weighted by molar-refractivity contribution is 7.11. The van der Waals surface area contributed by atoms with Crippen LogP contribution in [0.1, 0.15) is 9.88 Å². The fourth-order valence-corrected chi connectivity index (χ4v) is 1.71. The van der Waals surface area contributed by atoms with Gasteiger partial charge in [0.05, 0.1) is 18.2 Å². The molecule has 0 spiro atoms. The minimum Gasteiger partial charge on any atom is -0.370 e. The predicted octanol–water partition coefficient (Wildman–Crippen LogP) is 0.0430. The highest BCUT2D eigenvalue weighted by atomic mass is 32.1. The number of amides is 1. The van der Waals surface area contributed by atoms with Gasteiger partial charge in [0.2, 0.25) is 5.91 Å². The first-order chi connectivity index (χ1) is 7.22. The number of ether oxygens (including phenoxy) is 1. The molecule has 0 aliphatic rings. The van der Waals surface area contributed by atoms with Crippen LogP contribution in [0.25, 0.3) is 0 Å². The van der Waals surface area contributed by atoms with E-state index in [9.17, 15) is 4.79 Å². The molecule has 0 saturated heterocycles. The highest BCUT2D eigenvalue weighted by Gasteiger charge is 2.02. The quantitative estimate of drug-likeness (QED) is 0.675. The summed E-state index contributed by atoms with van der Waals surface area (Å²) < 4.78 is 4.99. The van der Waals surface area contributed by atoms with Crippen LogP contribution >= 0.6 is 11.3 Å². The van der Waals surface area contributed by atoms with E-state index in [1.807, 2.05) is 6.92 Å². The zero-order valence-electron chi connectivity index (χ0n) is 8.66. The van der Waals surface area contributed by atoms with Crippen LogP contribution < -0.4 is 11.1 Å². The van der Waals surface area contributed by atoms with Crippen molar-refractivity contribution >= 4 is 17.2 Å². The zero-order valence-corrected chi connectivity index (χ0v) is 9.47. The van der Waals surface area contributed by atoms with E-state index < -0.39 is 0 Å². The van der Waals surface area contributed by atoms with Crippen molar-refractivity contribution in [1.82, 2.24) is 10.3 Å². The number of nitrogens with two attached hydrogens (primary N) is 1. The van der Waals surface area contributed by atoms with Crippen LogP contribution in [-0.4, -0.2) is 30.6 Å². The van der Waals surface area contributed by atoms with Gasteiger partial charge in [0, 0.05) is 17.6 Å². The molecule has 0 fully saturated rings. The molecule has 0 atom stereocenters. The molecule has 84 valence electrons. The van der Waals surface area contributed by atoms with Gasteiger partial charge in [-0.25, -0.2) is 4.98 Å². The Bertz CT molecular complexity index is 314. The first-order valence-corrected chi connectivity index (χ1v) is 5.50. The minimum atomic E-state index is -0.130. The molecule has 5 nitrogen and oxygen atoms in total. The lowest BCUT2D eigenvalue weighted by atomic mass is 10.5. The number of nitrogens with zero attached hydrogens (tertiary/aromatic N) is 1. The van der Waals surface area contributed by atoms with E-state index in [4.69, 9.17) is 10.5 Å². The number of aryl methyl sites for hydroxylation is 1. The third-order valence-corrected chi connectivity index (χ3v) is 2.54. The van der Waals surface area contributed by atoms with Gasteiger partial charge in [-0.1, -0.05) is 0 Å². The molecule has 0 radical (unpaired) electrons. The van der Waals surface area contributed by atoms with Crippen molar-refractivity contribution in [2.45, 2.75) is 13.5 Å². The molecular weight excluding hydrogens is 214 g/mol. The monoisotopic (exact) mass is 229 g/mol. The van der Waals surface area contributed by atoms with Gasteiger partial charge in [-0.05, 0) is 6.92 Å². The average Bonchev–Trinajstić information content (AvgIpc) is 2.62.